The summed E-state index contributed by atoms with van der Waals surface area (Å²) in [6, 6.07) is 0. The van der Waals surface area contributed by atoms with E-state index in [1.54, 1.807) is 11.8 Å². The first-order valence-corrected chi connectivity index (χ1v) is 4.05. The van der Waals surface area contributed by atoms with Crippen molar-refractivity contribution in [1.29, 1.82) is 0 Å². The summed E-state index contributed by atoms with van der Waals surface area (Å²) in [5.74, 6) is 0.931. The van der Waals surface area contributed by atoms with Gasteiger partial charge in [0.05, 0.1) is 0 Å². The van der Waals surface area contributed by atoms with Gasteiger partial charge in [0.2, 0.25) is 0 Å². The number of aliphatic imine (C=N–C) groups is 2. The first-order valence-electron chi connectivity index (χ1n) is 3.06. The Morgan fingerprint density at radius 1 is 1.50 bits per heavy atom. The van der Waals surface area contributed by atoms with Crippen LogP contribution in [0.25, 0.3) is 0 Å². The molecule has 0 saturated heterocycles. The van der Waals surface area contributed by atoms with Crippen LogP contribution < -0.4 is 0 Å². The average Bonchev–Trinajstić information content (AvgIpc) is 2.28. The van der Waals surface area contributed by atoms with Crippen molar-refractivity contribution >= 4 is 23.0 Å². The fourth-order valence-electron chi connectivity index (χ4n) is 0.842. The monoisotopic (exact) mass is 150 g/mol. The largest absolute Gasteiger partial charge is 0.267 e. The van der Waals surface area contributed by atoms with Crippen molar-refractivity contribution in [3.05, 3.63) is 24.0 Å². The molecule has 0 bridgehead atoms. The van der Waals surface area contributed by atoms with Crippen LogP contribution in [-0.2, 0) is 0 Å². The van der Waals surface area contributed by atoms with Crippen molar-refractivity contribution in [3.63, 3.8) is 0 Å². The Morgan fingerprint density at radius 3 is 3.50 bits per heavy atom. The van der Waals surface area contributed by atoms with E-state index >= 15 is 0 Å². The Kier molecular flexibility index (Phi) is 1.43. The summed E-state index contributed by atoms with van der Waals surface area (Å²) >= 11 is 1.72. The summed E-state index contributed by atoms with van der Waals surface area (Å²) in [6.07, 6.45) is 7.54. The minimum atomic E-state index is 0.931. The summed E-state index contributed by atoms with van der Waals surface area (Å²) in [6.45, 7) is 0. The third kappa shape index (κ3) is 0.926. The predicted octanol–water partition coefficient (Wildman–Crippen LogP) is 1.61. The van der Waals surface area contributed by atoms with Crippen LogP contribution in [0.2, 0.25) is 0 Å². The molecule has 0 aromatic carbocycles. The minimum absolute atomic E-state index is 0.931. The van der Waals surface area contributed by atoms with E-state index in [-0.39, 0.29) is 0 Å². The lowest BCUT2D eigenvalue weighted by Crippen LogP contribution is -1.90. The Labute approximate surface area is 63.5 Å². The normalized spacial score (nSPS) is 21.6. The summed E-state index contributed by atoms with van der Waals surface area (Å²) in [7, 11) is 0. The van der Waals surface area contributed by atoms with Gasteiger partial charge in [0, 0.05) is 29.9 Å². The van der Waals surface area contributed by atoms with Gasteiger partial charge in [0.1, 0.15) is 5.04 Å². The van der Waals surface area contributed by atoms with Crippen molar-refractivity contribution in [2.75, 3.05) is 5.75 Å². The first-order chi connectivity index (χ1) is 4.97. The van der Waals surface area contributed by atoms with Crippen molar-refractivity contribution in [1.82, 2.24) is 0 Å². The number of allylic oxidation sites excluding steroid dienone is 1. The molecule has 2 rings (SSSR count). The lowest BCUT2D eigenvalue weighted by Gasteiger charge is -1.93. The highest BCUT2D eigenvalue weighted by atomic mass is 32.2. The Bertz CT molecular complexity index is 261. The Morgan fingerprint density at radius 2 is 2.50 bits per heavy atom. The van der Waals surface area contributed by atoms with Crippen molar-refractivity contribution in [2.45, 2.75) is 0 Å². The average molecular weight is 150 g/mol. The van der Waals surface area contributed by atoms with E-state index in [0.29, 0.717) is 0 Å². The summed E-state index contributed by atoms with van der Waals surface area (Å²) < 4.78 is 0. The molecule has 0 fully saturated rings. The lowest BCUT2D eigenvalue weighted by atomic mass is 10.3. The van der Waals surface area contributed by atoms with E-state index < -0.39 is 0 Å². The molecule has 0 spiro atoms. The quantitative estimate of drug-likeness (QED) is 0.515. The molecule has 50 valence electrons. The van der Waals surface area contributed by atoms with Gasteiger partial charge in [-0.05, 0) is 6.08 Å². The molecule has 0 saturated carbocycles. The fraction of sp³-hybridized carbons (Fsp3) is 0.143. The SMILES string of the molecule is C1=CC2=CN=CCSC2=N1. The summed E-state index contributed by atoms with van der Waals surface area (Å²) in [5.41, 5.74) is 1.14. The topological polar surface area (TPSA) is 24.7 Å². The highest BCUT2D eigenvalue weighted by Gasteiger charge is 2.09. The van der Waals surface area contributed by atoms with Crippen LogP contribution in [0.5, 0.6) is 0 Å². The molecule has 0 radical (unpaired) electrons. The molecule has 0 unspecified atom stereocenters. The van der Waals surface area contributed by atoms with Gasteiger partial charge < -0.3 is 0 Å². The molecule has 10 heavy (non-hydrogen) atoms. The minimum Gasteiger partial charge on any atom is -0.267 e. The molecule has 0 aromatic rings. The van der Waals surface area contributed by atoms with E-state index in [9.17, 15) is 0 Å². The van der Waals surface area contributed by atoms with Crippen LogP contribution >= 0.6 is 11.8 Å². The van der Waals surface area contributed by atoms with E-state index in [2.05, 4.69) is 9.98 Å². The van der Waals surface area contributed by atoms with Crippen LogP contribution in [-0.4, -0.2) is 17.0 Å². The van der Waals surface area contributed by atoms with Gasteiger partial charge in [-0.25, -0.2) is 4.99 Å². The van der Waals surface area contributed by atoms with E-state index in [1.165, 1.54) is 0 Å². The van der Waals surface area contributed by atoms with Gasteiger partial charge in [-0.3, -0.25) is 4.99 Å². The number of nitrogens with zero attached hydrogens (tertiary/aromatic N) is 2. The Balaban J connectivity index is 2.36. The predicted molar refractivity (Wildman–Crippen MR) is 45.6 cm³/mol. The maximum Gasteiger partial charge on any atom is 0.105 e. The number of fused-ring (bicyclic) bond motifs is 1. The molecule has 2 aliphatic heterocycles. The van der Waals surface area contributed by atoms with Gasteiger partial charge in [0.15, 0.2) is 0 Å². The second-order valence-corrected chi connectivity index (χ2v) is 2.99. The fourth-order valence-corrected chi connectivity index (χ4v) is 1.58. The molecular weight excluding hydrogens is 144 g/mol. The van der Waals surface area contributed by atoms with Crippen molar-refractivity contribution in [3.8, 4) is 0 Å². The number of thioether (sulfide) groups is 1. The third-order valence-electron chi connectivity index (χ3n) is 1.31. The molecule has 3 heteroatoms. The summed E-state index contributed by atoms with van der Waals surface area (Å²) in [5, 5.41) is 1.09. The van der Waals surface area contributed by atoms with Crippen LogP contribution in [0.15, 0.2) is 34.0 Å². The number of rotatable bonds is 0. The van der Waals surface area contributed by atoms with Crippen LogP contribution in [0.1, 0.15) is 0 Å². The molecule has 0 aromatic heterocycles. The van der Waals surface area contributed by atoms with E-state index in [4.69, 9.17) is 0 Å². The molecule has 2 aliphatic rings. The van der Waals surface area contributed by atoms with Gasteiger partial charge in [-0.2, -0.15) is 0 Å². The zero-order chi connectivity index (χ0) is 6.81. The number of hydrogen-bond acceptors (Lipinski definition) is 3. The maximum atomic E-state index is 4.17. The zero-order valence-corrected chi connectivity index (χ0v) is 6.14. The molecule has 0 amide bonds. The Hall–Kier alpha value is -0.830. The van der Waals surface area contributed by atoms with E-state index in [1.807, 2.05) is 24.7 Å². The van der Waals surface area contributed by atoms with Crippen LogP contribution in [0, 0.1) is 0 Å². The van der Waals surface area contributed by atoms with Gasteiger partial charge >= 0.3 is 0 Å². The van der Waals surface area contributed by atoms with Gasteiger partial charge in [-0.1, -0.05) is 0 Å². The highest BCUT2D eigenvalue weighted by molar-refractivity contribution is 8.15. The zero-order valence-electron chi connectivity index (χ0n) is 5.32. The van der Waals surface area contributed by atoms with Crippen molar-refractivity contribution < 1.29 is 0 Å². The van der Waals surface area contributed by atoms with Crippen LogP contribution in [0.4, 0.5) is 0 Å². The maximum absolute atomic E-state index is 4.17. The van der Waals surface area contributed by atoms with Crippen LogP contribution in [0.3, 0.4) is 0 Å². The van der Waals surface area contributed by atoms with Gasteiger partial charge in [0.25, 0.3) is 0 Å². The summed E-state index contributed by atoms with van der Waals surface area (Å²) in [4.78, 5) is 8.24. The highest BCUT2D eigenvalue weighted by Crippen LogP contribution is 2.20. The molecule has 0 aliphatic carbocycles. The van der Waals surface area contributed by atoms with E-state index in [0.717, 1.165) is 16.4 Å². The molecule has 2 heterocycles. The third-order valence-corrected chi connectivity index (χ3v) is 2.24. The van der Waals surface area contributed by atoms with Gasteiger partial charge in [-0.15, -0.1) is 11.8 Å². The molecule has 0 N–H and O–H groups in total. The molecular formula is C7H6N2S. The second-order valence-electron chi connectivity index (χ2n) is 1.98. The second kappa shape index (κ2) is 2.42. The molecule has 2 nitrogen and oxygen atoms in total. The molecule has 0 atom stereocenters. The standard InChI is InChI=1S/C7H6N2S/c1-2-9-7-6(1)5-8-3-4-10-7/h1-3,5H,4H2. The lowest BCUT2D eigenvalue weighted by molar-refractivity contribution is 1.56. The smallest absolute Gasteiger partial charge is 0.105 e. The van der Waals surface area contributed by atoms with Crippen molar-refractivity contribution in [2.24, 2.45) is 9.98 Å². The first kappa shape index (κ1) is 5.92. The number of hydrogen-bond donors (Lipinski definition) is 0.